The van der Waals surface area contributed by atoms with Gasteiger partial charge in [0.25, 0.3) is 5.91 Å². The molecule has 0 aliphatic carbocycles. The van der Waals surface area contributed by atoms with E-state index in [-0.39, 0.29) is 17.0 Å². The van der Waals surface area contributed by atoms with Gasteiger partial charge >= 0.3 is 17.9 Å². The molecule has 1 N–H and O–H groups in total. The van der Waals surface area contributed by atoms with Crippen LogP contribution in [-0.2, 0) is 38.1 Å². The minimum Gasteiger partial charge on any atom is -0.494 e. The van der Waals surface area contributed by atoms with Gasteiger partial charge in [-0.1, -0.05) is 36.4 Å². The smallest absolute Gasteiger partial charge is 0.303 e. The van der Waals surface area contributed by atoms with Gasteiger partial charge in [0.15, 0.2) is 23.0 Å². The van der Waals surface area contributed by atoms with Crippen LogP contribution in [0.15, 0.2) is 53.5 Å². The highest BCUT2D eigenvalue weighted by Crippen LogP contribution is 2.59. The van der Waals surface area contributed by atoms with Crippen LogP contribution in [0.25, 0.3) is 16.5 Å². The fourth-order valence-corrected chi connectivity index (χ4v) is 6.57. The first-order chi connectivity index (χ1) is 20.0. The highest BCUT2D eigenvalue weighted by Gasteiger charge is 2.76. The third-order valence-electron chi connectivity index (χ3n) is 8.91. The van der Waals surface area contributed by atoms with Gasteiger partial charge in [0.1, 0.15) is 5.60 Å². The number of ether oxygens (including phenoxy) is 4. The lowest BCUT2D eigenvalue weighted by Gasteiger charge is -2.64. The average Bonchev–Trinajstić information content (AvgIpc) is 3.37. The number of para-hydroxylation sites is 2. The zero-order valence-corrected chi connectivity index (χ0v) is 25.3. The van der Waals surface area contributed by atoms with Crippen molar-refractivity contribution in [2.75, 3.05) is 0 Å². The standard InChI is InChI=1S/C32H34N2O9/c1-17(35)40-30(6)28(43-29(4,5)31(7,41-18(2)36)32(30,8)42-19(3)37)34-23-16-12-10-14-21(23)25(27(34)39)24-20-13-9-11-15-22(20)33-26(24)38/h9-16,28,39H,1-8H3. The van der Waals surface area contributed by atoms with Crippen LogP contribution in [0.3, 0.4) is 0 Å². The molecule has 0 radical (unpaired) electrons. The molecule has 1 fully saturated rings. The molecule has 2 aromatic carbocycles. The van der Waals surface area contributed by atoms with Gasteiger partial charge in [-0.2, -0.15) is 0 Å². The first-order valence-electron chi connectivity index (χ1n) is 13.8. The number of hydrogen-bond acceptors (Lipinski definition) is 9. The van der Waals surface area contributed by atoms with E-state index in [4.69, 9.17) is 18.9 Å². The summed E-state index contributed by atoms with van der Waals surface area (Å²) in [6.07, 6.45) is -1.37. The summed E-state index contributed by atoms with van der Waals surface area (Å²) >= 11 is 0. The molecule has 1 saturated heterocycles. The summed E-state index contributed by atoms with van der Waals surface area (Å²) in [7, 11) is 0. The Morgan fingerprint density at radius 2 is 1.40 bits per heavy atom. The highest BCUT2D eigenvalue weighted by atomic mass is 16.7. The van der Waals surface area contributed by atoms with Crippen molar-refractivity contribution in [1.82, 2.24) is 4.57 Å². The van der Waals surface area contributed by atoms with E-state index >= 15 is 0 Å². The summed E-state index contributed by atoms with van der Waals surface area (Å²) in [5, 5.41) is 13.6. The second-order valence-electron chi connectivity index (χ2n) is 11.8. The van der Waals surface area contributed by atoms with Crippen molar-refractivity contribution in [2.24, 2.45) is 4.99 Å². The fourth-order valence-electron chi connectivity index (χ4n) is 6.57. The molecule has 5 rings (SSSR count). The van der Waals surface area contributed by atoms with Crippen LogP contribution in [0.5, 0.6) is 5.88 Å². The molecule has 4 unspecified atom stereocenters. The molecule has 0 bridgehead atoms. The number of rotatable bonds is 5. The third-order valence-corrected chi connectivity index (χ3v) is 8.91. The molecule has 3 heterocycles. The predicted octanol–water partition coefficient (Wildman–Crippen LogP) is 2.98. The van der Waals surface area contributed by atoms with Gasteiger partial charge in [-0.15, -0.1) is 0 Å². The van der Waals surface area contributed by atoms with Crippen LogP contribution >= 0.6 is 0 Å². The highest BCUT2D eigenvalue weighted by molar-refractivity contribution is 6.25. The minimum atomic E-state index is -1.92. The van der Waals surface area contributed by atoms with E-state index < -0.39 is 52.4 Å². The van der Waals surface area contributed by atoms with E-state index in [1.54, 1.807) is 69.3 Å². The molecule has 43 heavy (non-hydrogen) atoms. The Kier molecular flexibility index (Phi) is 6.81. The van der Waals surface area contributed by atoms with Gasteiger partial charge in [-0.05, 0) is 46.8 Å². The van der Waals surface area contributed by atoms with Gasteiger partial charge in [0.2, 0.25) is 5.88 Å². The molecule has 4 atom stereocenters. The van der Waals surface area contributed by atoms with Crippen molar-refractivity contribution in [3.63, 3.8) is 0 Å². The zero-order chi connectivity index (χ0) is 31.7. The van der Waals surface area contributed by atoms with Crippen molar-refractivity contribution in [2.45, 2.75) is 84.0 Å². The Hall–Kier alpha value is -4.51. The molecule has 1 amide bonds. The van der Waals surface area contributed by atoms with Gasteiger partial charge in [-0.3, -0.25) is 23.7 Å². The number of aromatic hydroxyl groups is 1. The van der Waals surface area contributed by atoms with Crippen LogP contribution in [0, 0.1) is 0 Å². The molecule has 226 valence electrons. The zero-order valence-electron chi connectivity index (χ0n) is 25.3. The van der Waals surface area contributed by atoms with Crippen molar-refractivity contribution in [3.8, 4) is 5.88 Å². The Morgan fingerprint density at radius 1 is 0.837 bits per heavy atom. The van der Waals surface area contributed by atoms with Crippen molar-refractivity contribution >= 4 is 40.3 Å². The number of aromatic nitrogens is 1. The maximum absolute atomic E-state index is 13.3. The van der Waals surface area contributed by atoms with Gasteiger partial charge in [0.05, 0.1) is 22.0 Å². The lowest BCUT2D eigenvalue weighted by atomic mass is 9.62. The Bertz CT molecular complexity index is 1840. The summed E-state index contributed by atoms with van der Waals surface area (Å²) in [5.41, 5.74) is -6.10. The molecule has 1 aromatic heterocycles. The Morgan fingerprint density at radius 3 is 2.02 bits per heavy atom. The molecule has 0 saturated carbocycles. The number of carbonyl (C=O) groups excluding carboxylic acids is 4. The molecular weight excluding hydrogens is 556 g/mol. The quantitative estimate of drug-likeness (QED) is 0.350. The SMILES string of the molecule is CC(=O)OC1(C)C(n2c(O)c(C3=c4ccccc4=NC3=O)c3ccccc32)OC(C)(C)C(C)(OC(C)=O)C1(C)OC(C)=O. The summed E-state index contributed by atoms with van der Waals surface area (Å²) in [6, 6.07) is 14.0. The van der Waals surface area contributed by atoms with E-state index in [0.29, 0.717) is 21.5 Å². The Labute approximate surface area is 247 Å². The van der Waals surface area contributed by atoms with Crippen LogP contribution in [-0.4, -0.2) is 55.9 Å². The lowest BCUT2D eigenvalue weighted by Crippen LogP contribution is -2.80. The monoisotopic (exact) mass is 590 g/mol. The summed E-state index contributed by atoms with van der Waals surface area (Å²) < 4.78 is 25.9. The van der Waals surface area contributed by atoms with Crippen LogP contribution < -0.4 is 10.6 Å². The average molecular weight is 591 g/mol. The summed E-state index contributed by atoms with van der Waals surface area (Å²) in [4.78, 5) is 55.3. The van der Waals surface area contributed by atoms with Crippen LogP contribution in [0.4, 0.5) is 0 Å². The van der Waals surface area contributed by atoms with E-state index in [2.05, 4.69) is 4.99 Å². The fraction of sp³-hybridized carbons (Fsp3) is 0.406. The molecule has 3 aromatic rings. The second-order valence-corrected chi connectivity index (χ2v) is 11.8. The molecule has 11 heteroatoms. The number of benzene rings is 2. The predicted molar refractivity (Wildman–Crippen MR) is 153 cm³/mol. The minimum absolute atomic E-state index is 0.194. The van der Waals surface area contributed by atoms with Gasteiger partial charge in [-0.25, -0.2) is 4.99 Å². The third kappa shape index (κ3) is 4.16. The van der Waals surface area contributed by atoms with Crippen LogP contribution in [0.2, 0.25) is 0 Å². The normalized spacial score (nSPS) is 27.8. The van der Waals surface area contributed by atoms with Gasteiger partial charge in [0, 0.05) is 31.4 Å². The number of fused-ring (bicyclic) bond motifs is 2. The number of hydrogen-bond donors (Lipinski definition) is 1. The Balaban J connectivity index is 1.89. The molecule has 2 aliphatic heterocycles. The number of nitrogens with zero attached hydrogens (tertiary/aromatic N) is 2. The van der Waals surface area contributed by atoms with Gasteiger partial charge < -0.3 is 24.1 Å². The van der Waals surface area contributed by atoms with E-state index in [9.17, 15) is 24.3 Å². The number of carbonyl (C=O) groups is 4. The largest absolute Gasteiger partial charge is 0.494 e. The topological polar surface area (TPSA) is 143 Å². The summed E-state index contributed by atoms with van der Waals surface area (Å²) in [6.45, 7) is 11.4. The molecular formula is C32H34N2O9. The van der Waals surface area contributed by atoms with Crippen molar-refractivity contribution in [1.29, 1.82) is 0 Å². The first-order valence-corrected chi connectivity index (χ1v) is 13.8. The summed E-state index contributed by atoms with van der Waals surface area (Å²) in [5.74, 6) is -3.06. The lowest BCUT2D eigenvalue weighted by molar-refractivity contribution is -0.382. The van der Waals surface area contributed by atoms with E-state index in [1.807, 2.05) is 0 Å². The van der Waals surface area contributed by atoms with Crippen molar-refractivity contribution < 1.29 is 43.2 Å². The maximum atomic E-state index is 13.3. The van der Waals surface area contributed by atoms with E-state index in [1.165, 1.54) is 39.2 Å². The van der Waals surface area contributed by atoms with Crippen molar-refractivity contribution in [3.05, 3.63) is 64.7 Å². The molecule has 2 aliphatic rings. The van der Waals surface area contributed by atoms with Crippen LogP contribution in [0.1, 0.15) is 67.2 Å². The first kappa shape index (κ1) is 30.0. The number of esters is 3. The molecule has 11 nitrogen and oxygen atoms in total. The molecule has 0 spiro atoms. The van der Waals surface area contributed by atoms with E-state index in [0.717, 1.165) is 0 Å². The number of amides is 1. The second kappa shape index (κ2) is 9.77. The maximum Gasteiger partial charge on any atom is 0.303 e.